The highest BCUT2D eigenvalue weighted by Gasteiger charge is 2.72. The van der Waals surface area contributed by atoms with Gasteiger partial charge in [0.25, 0.3) is 0 Å². The number of fused-ring (bicyclic) bond motifs is 7. The average Bonchev–Trinajstić information content (AvgIpc) is 3.34. The molecule has 5 fully saturated rings. The second-order valence-electron chi connectivity index (χ2n) is 16.8. The van der Waals surface area contributed by atoms with Gasteiger partial charge < -0.3 is 14.6 Å². The Balaban J connectivity index is 1.38. The van der Waals surface area contributed by atoms with E-state index in [-0.39, 0.29) is 51.5 Å². The van der Waals surface area contributed by atoms with Gasteiger partial charge >= 0.3 is 17.9 Å². The van der Waals surface area contributed by atoms with Gasteiger partial charge in [0.05, 0.1) is 12.5 Å². The third-order valence-electron chi connectivity index (χ3n) is 14.9. The monoisotopic (exact) mass is 598 g/mol. The molecule has 0 saturated heterocycles. The van der Waals surface area contributed by atoms with E-state index in [2.05, 4.69) is 48.1 Å². The van der Waals surface area contributed by atoms with Crippen LogP contribution < -0.4 is 0 Å². The number of allylic oxidation sites excluding steroid dienone is 1. The smallest absolute Gasteiger partial charge is 0.312 e. The van der Waals surface area contributed by atoms with E-state index in [0.29, 0.717) is 48.9 Å². The van der Waals surface area contributed by atoms with E-state index in [1.807, 2.05) is 0 Å². The molecule has 0 aliphatic heterocycles. The molecular formula is C37H58O6. The summed E-state index contributed by atoms with van der Waals surface area (Å²) in [7, 11) is 1.57. The zero-order valence-electron chi connectivity index (χ0n) is 28.1. The standard InChI is InChI=1S/C37H58O6/c1-23(2)24-15-20-37(32(41)42-8)22-21-35(6)25(31(24)37)13-14-27-34(5)18-17-28(43-30(40)12-10-9-11-29(38)39)33(3,4)26(34)16-19-36(27,35)7/h24-28,31H,1,9-22H2,2-8H3,(H,38,39)/t24?,25?,26-,27+,28-,31-,34-,35+,36+,37-/m0/s1. The van der Waals surface area contributed by atoms with Crippen molar-refractivity contribution in [2.75, 3.05) is 7.11 Å². The van der Waals surface area contributed by atoms with Crippen LogP contribution in [-0.4, -0.2) is 36.2 Å². The molecule has 5 aliphatic carbocycles. The molecule has 242 valence electrons. The first kappa shape index (κ1) is 32.5. The molecule has 10 atom stereocenters. The topological polar surface area (TPSA) is 89.9 Å². The van der Waals surface area contributed by atoms with Crippen molar-refractivity contribution < 1.29 is 29.0 Å². The molecule has 5 rings (SSSR count). The quantitative estimate of drug-likeness (QED) is 0.171. The number of esters is 2. The number of hydrogen-bond acceptors (Lipinski definition) is 5. The molecular weight excluding hydrogens is 540 g/mol. The van der Waals surface area contributed by atoms with Crippen LogP contribution in [0.25, 0.3) is 0 Å². The van der Waals surface area contributed by atoms with Crippen molar-refractivity contribution in [1.29, 1.82) is 0 Å². The van der Waals surface area contributed by atoms with Crippen LogP contribution >= 0.6 is 0 Å². The van der Waals surface area contributed by atoms with Crippen LogP contribution in [0.4, 0.5) is 0 Å². The zero-order chi connectivity index (χ0) is 31.6. The lowest BCUT2D eigenvalue weighted by Gasteiger charge is -2.72. The van der Waals surface area contributed by atoms with Gasteiger partial charge in [0.2, 0.25) is 0 Å². The Labute approximate surface area is 260 Å². The normalized spacial score (nSPS) is 44.6. The molecule has 0 aromatic rings. The van der Waals surface area contributed by atoms with Gasteiger partial charge in [-0.15, -0.1) is 0 Å². The molecule has 0 heterocycles. The van der Waals surface area contributed by atoms with Crippen molar-refractivity contribution in [2.24, 2.45) is 56.7 Å². The van der Waals surface area contributed by atoms with Crippen molar-refractivity contribution in [3.8, 4) is 0 Å². The number of aliphatic carboxylic acids is 1. The Morgan fingerprint density at radius 2 is 1.51 bits per heavy atom. The number of carboxylic acid groups (broad SMARTS) is 1. The molecule has 1 N–H and O–H groups in total. The number of carbonyl (C=O) groups excluding carboxylic acids is 2. The second kappa shape index (κ2) is 11.2. The second-order valence-corrected chi connectivity index (χ2v) is 16.8. The summed E-state index contributed by atoms with van der Waals surface area (Å²) >= 11 is 0. The van der Waals surface area contributed by atoms with Crippen LogP contribution in [0.5, 0.6) is 0 Å². The van der Waals surface area contributed by atoms with Gasteiger partial charge in [-0.1, -0.05) is 46.8 Å². The summed E-state index contributed by atoms with van der Waals surface area (Å²) in [4.78, 5) is 37.1. The molecule has 0 aromatic carbocycles. The van der Waals surface area contributed by atoms with Crippen LogP contribution in [0.1, 0.15) is 131 Å². The van der Waals surface area contributed by atoms with Crippen molar-refractivity contribution >= 4 is 17.9 Å². The summed E-state index contributed by atoms with van der Waals surface area (Å²) in [5.41, 5.74) is 1.29. The minimum absolute atomic E-state index is 0.0164. The maximum absolute atomic E-state index is 13.5. The number of carbonyl (C=O) groups is 3. The van der Waals surface area contributed by atoms with Gasteiger partial charge in [0.1, 0.15) is 6.10 Å². The predicted molar refractivity (Wildman–Crippen MR) is 167 cm³/mol. The van der Waals surface area contributed by atoms with Crippen LogP contribution in [-0.2, 0) is 23.9 Å². The summed E-state index contributed by atoms with van der Waals surface area (Å²) in [5, 5.41) is 8.90. The lowest BCUT2D eigenvalue weighted by molar-refractivity contribution is -0.250. The van der Waals surface area contributed by atoms with Gasteiger partial charge in [-0.3, -0.25) is 14.4 Å². The van der Waals surface area contributed by atoms with Gasteiger partial charge in [-0.2, -0.15) is 0 Å². The lowest BCUT2D eigenvalue weighted by Crippen LogP contribution is -2.67. The predicted octanol–water partition coefficient (Wildman–Crippen LogP) is 8.37. The number of rotatable bonds is 8. The molecule has 0 aromatic heterocycles. The minimum Gasteiger partial charge on any atom is -0.481 e. The number of methoxy groups -OCH3 is 1. The van der Waals surface area contributed by atoms with E-state index in [4.69, 9.17) is 14.6 Å². The number of carboxylic acids is 1. The van der Waals surface area contributed by atoms with Gasteiger partial charge in [0, 0.05) is 18.3 Å². The van der Waals surface area contributed by atoms with Crippen molar-refractivity contribution in [1.82, 2.24) is 0 Å². The first-order valence-corrected chi connectivity index (χ1v) is 17.2. The average molecular weight is 599 g/mol. The fourth-order valence-electron chi connectivity index (χ4n) is 12.6. The zero-order valence-corrected chi connectivity index (χ0v) is 28.1. The summed E-state index contributed by atoms with van der Waals surface area (Å²) < 4.78 is 11.7. The van der Waals surface area contributed by atoms with Crippen LogP contribution in [0.15, 0.2) is 12.2 Å². The third-order valence-corrected chi connectivity index (χ3v) is 14.9. The molecule has 6 nitrogen and oxygen atoms in total. The molecule has 5 saturated carbocycles. The van der Waals surface area contributed by atoms with E-state index < -0.39 is 5.97 Å². The maximum Gasteiger partial charge on any atom is 0.312 e. The van der Waals surface area contributed by atoms with Crippen molar-refractivity contribution in [3.63, 3.8) is 0 Å². The molecule has 0 bridgehead atoms. The molecule has 43 heavy (non-hydrogen) atoms. The first-order chi connectivity index (χ1) is 20.1. The highest BCUT2D eigenvalue weighted by atomic mass is 16.5. The SMILES string of the molecule is C=C(C)C1CC[C@]2(C(=O)OC)CC[C@]3(C)C(CC[C@@H]4[C@@]5(C)CC[C@H](OC(=O)CCCCC(=O)O)C(C)(C)[C@@H]5CC[C@]43C)[C@H]12. The Morgan fingerprint density at radius 1 is 0.814 bits per heavy atom. The molecule has 5 aliphatic rings. The summed E-state index contributed by atoms with van der Waals surface area (Å²) in [6.45, 7) is 19.0. The summed E-state index contributed by atoms with van der Waals surface area (Å²) in [5.74, 6) is 1.31. The first-order valence-electron chi connectivity index (χ1n) is 17.2. The fourth-order valence-corrected chi connectivity index (χ4v) is 12.6. The third kappa shape index (κ3) is 4.82. The van der Waals surface area contributed by atoms with Crippen LogP contribution in [0, 0.1) is 56.7 Å². The van der Waals surface area contributed by atoms with E-state index in [1.54, 1.807) is 7.11 Å². The van der Waals surface area contributed by atoms with Gasteiger partial charge in [0.15, 0.2) is 0 Å². The van der Waals surface area contributed by atoms with E-state index in [1.165, 1.54) is 24.8 Å². The Hall–Kier alpha value is -1.85. The summed E-state index contributed by atoms with van der Waals surface area (Å²) in [6.07, 6.45) is 12.0. The lowest BCUT2D eigenvalue weighted by atomic mass is 9.32. The van der Waals surface area contributed by atoms with Crippen molar-refractivity contribution in [3.05, 3.63) is 12.2 Å². The number of unbranched alkanes of at least 4 members (excludes halogenated alkanes) is 1. The van der Waals surface area contributed by atoms with Crippen molar-refractivity contribution in [2.45, 2.75) is 138 Å². The van der Waals surface area contributed by atoms with Crippen LogP contribution in [0.2, 0.25) is 0 Å². The molecule has 6 heteroatoms. The minimum atomic E-state index is -0.817. The number of hydrogen-bond donors (Lipinski definition) is 1. The Bertz CT molecular complexity index is 1140. The number of ether oxygens (including phenoxy) is 2. The Kier molecular flexibility index (Phi) is 8.47. The van der Waals surface area contributed by atoms with E-state index in [9.17, 15) is 14.4 Å². The maximum atomic E-state index is 13.5. The Morgan fingerprint density at radius 3 is 2.16 bits per heavy atom. The largest absolute Gasteiger partial charge is 0.481 e. The highest BCUT2D eigenvalue weighted by Crippen LogP contribution is 2.77. The van der Waals surface area contributed by atoms with E-state index >= 15 is 0 Å². The molecule has 0 radical (unpaired) electrons. The van der Waals surface area contributed by atoms with Gasteiger partial charge in [-0.05, 0) is 130 Å². The van der Waals surface area contributed by atoms with Gasteiger partial charge in [-0.25, -0.2) is 0 Å². The van der Waals surface area contributed by atoms with E-state index in [0.717, 1.165) is 44.9 Å². The fraction of sp³-hybridized carbons (Fsp3) is 0.865. The molecule has 0 spiro atoms. The highest BCUT2D eigenvalue weighted by molar-refractivity contribution is 5.78. The summed E-state index contributed by atoms with van der Waals surface area (Å²) in [6, 6.07) is 0. The molecule has 2 unspecified atom stereocenters. The van der Waals surface area contributed by atoms with Crippen LogP contribution in [0.3, 0.4) is 0 Å². The molecule has 0 amide bonds.